The van der Waals surface area contributed by atoms with Crippen molar-refractivity contribution in [2.45, 2.75) is 64.0 Å². The smallest absolute Gasteiger partial charge is 0.156 e. The van der Waals surface area contributed by atoms with Crippen molar-refractivity contribution in [2.75, 3.05) is 6.61 Å². The summed E-state index contributed by atoms with van der Waals surface area (Å²) in [7, 11) is 0. The van der Waals surface area contributed by atoms with Gasteiger partial charge >= 0.3 is 0 Å². The van der Waals surface area contributed by atoms with Crippen molar-refractivity contribution >= 4 is 23.2 Å². The molecule has 0 saturated heterocycles. The van der Waals surface area contributed by atoms with Crippen LogP contribution in [-0.4, -0.2) is 12.1 Å². The van der Waals surface area contributed by atoms with Gasteiger partial charge in [0.05, 0.1) is 16.7 Å². The molecule has 1 aromatic rings. The van der Waals surface area contributed by atoms with Gasteiger partial charge in [0.2, 0.25) is 0 Å². The van der Waals surface area contributed by atoms with E-state index in [1.807, 2.05) is 12.1 Å². The second kappa shape index (κ2) is 6.70. The summed E-state index contributed by atoms with van der Waals surface area (Å²) in [6, 6.07) is 4.01. The monoisotopic (exact) mass is 367 g/mol. The first kappa shape index (κ1) is 17.0. The Balaban J connectivity index is 1.44. The predicted octanol–water partition coefficient (Wildman–Crippen LogP) is 5.84. The largest absolute Gasteiger partial charge is 0.490 e. The van der Waals surface area contributed by atoms with Crippen molar-refractivity contribution in [3.63, 3.8) is 0 Å². The summed E-state index contributed by atoms with van der Waals surface area (Å²) in [6.07, 6.45) is 9.45. The Labute approximate surface area is 155 Å². The van der Waals surface area contributed by atoms with Crippen molar-refractivity contribution in [1.82, 2.24) is 5.32 Å². The first-order valence-corrected chi connectivity index (χ1v) is 10.2. The van der Waals surface area contributed by atoms with Gasteiger partial charge in [-0.1, -0.05) is 30.1 Å². The van der Waals surface area contributed by atoms with Crippen LogP contribution in [0.1, 0.15) is 57.4 Å². The molecule has 0 spiro atoms. The normalized spacial score (nSPS) is 33.9. The van der Waals surface area contributed by atoms with Gasteiger partial charge in [-0.2, -0.15) is 0 Å². The lowest BCUT2D eigenvalue weighted by molar-refractivity contribution is -0.0206. The number of hydrogen-bond donors (Lipinski definition) is 1. The number of rotatable bonds is 6. The lowest BCUT2D eigenvalue weighted by Gasteiger charge is -2.57. The first-order valence-electron chi connectivity index (χ1n) is 9.42. The molecule has 1 N–H and O–H groups in total. The van der Waals surface area contributed by atoms with Gasteiger partial charge < -0.3 is 10.1 Å². The molecule has 4 heteroatoms. The Morgan fingerprint density at radius 3 is 2.08 bits per heavy atom. The Kier molecular flexibility index (Phi) is 4.75. The highest BCUT2D eigenvalue weighted by Crippen LogP contribution is 2.55. The second-order valence-corrected chi connectivity index (χ2v) is 9.10. The van der Waals surface area contributed by atoms with E-state index in [1.165, 1.54) is 38.5 Å². The van der Waals surface area contributed by atoms with Crippen LogP contribution in [0.15, 0.2) is 12.1 Å². The fourth-order valence-corrected chi connectivity index (χ4v) is 6.31. The minimum Gasteiger partial charge on any atom is -0.490 e. The van der Waals surface area contributed by atoms with Gasteiger partial charge in [-0.15, -0.1) is 0 Å². The predicted molar refractivity (Wildman–Crippen MR) is 100.0 cm³/mol. The number of halogens is 2. The van der Waals surface area contributed by atoms with Crippen LogP contribution in [0, 0.1) is 17.8 Å². The maximum Gasteiger partial charge on any atom is 0.156 e. The minimum atomic E-state index is 0.366. The van der Waals surface area contributed by atoms with E-state index in [2.05, 4.69) is 12.2 Å². The molecule has 4 saturated carbocycles. The van der Waals surface area contributed by atoms with Crippen LogP contribution in [0.5, 0.6) is 5.75 Å². The Morgan fingerprint density at radius 1 is 1.04 bits per heavy atom. The number of benzene rings is 1. The molecule has 24 heavy (non-hydrogen) atoms. The van der Waals surface area contributed by atoms with Crippen molar-refractivity contribution < 1.29 is 4.74 Å². The molecule has 4 aliphatic carbocycles. The van der Waals surface area contributed by atoms with Gasteiger partial charge in [0.15, 0.2) is 5.75 Å². The summed E-state index contributed by atoms with van der Waals surface area (Å²) in [5, 5.41) is 5.15. The maximum absolute atomic E-state index is 6.39. The van der Waals surface area contributed by atoms with Crippen LogP contribution in [0.25, 0.3) is 0 Å². The van der Waals surface area contributed by atoms with E-state index >= 15 is 0 Å². The van der Waals surface area contributed by atoms with E-state index in [0.717, 1.165) is 36.3 Å². The van der Waals surface area contributed by atoms with Gasteiger partial charge in [0, 0.05) is 12.1 Å². The van der Waals surface area contributed by atoms with E-state index in [0.29, 0.717) is 27.9 Å². The highest BCUT2D eigenvalue weighted by molar-refractivity contribution is 6.37. The average Bonchev–Trinajstić information content (AvgIpc) is 2.51. The van der Waals surface area contributed by atoms with Crippen LogP contribution in [0.2, 0.25) is 10.0 Å². The molecule has 4 aliphatic rings. The van der Waals surface area contributed by atoms with Crippen LogP contribution in [0.3, 0.4) is 0 Å². The van der Waals surface area contributed by atoms with Crippen LogP contribution in [-0.2, 0) is 6.54 Å². The fourth-order valence-electron chi connectivity index (χ4n) is 5.67. The summed E-state index contributed by atoms with van der Waals surface area (Å²) in [4.78, 5) is 0. The zero-order valence-corrected chi connectivity index (χ0v) is 15.9. The molecule has 0 heterocycles. The molecule has 0 radical (unpaired) electrons. The van der Waals surface area contributed by atoms with Crippen LogP contribution >= 0.6 is 23.2 Å². The van der Waals surface area contributed by atoms with Crippen molar-refractivity contribution in [2.24, 2.45) is 17.8 Å². The van der Waals surface area contributed by atoms with E-state index in [-0.39, 0.29) is 0 Å². The standard InChI is InChI=1S/C20H27Cl2NO/c1-2-3-24-19-17(21)7-16(8-18(19)22)12-23-20-9-13-4-14(10-20)6-15(5-13)11-20/h7-8,13-15,23H,2-6,9-12H2,1H3. The number of nitrogens with one attached hydrogen (secondary N) is 1. The maximum atomic E-state index is 6.39. The van der Waals surface area contributed by atoms with E-state index in [4.69, 9.17) is 27.9 Å². The van der Waals surface area contributed by atoms with Crippen LogP contribution in [0.4, 0.5) is 0 Å². The molecular weight excluding hydrogens is 341 g/mol. The second-order valence-electron chi connectivity index (χ2n) is 8.29. The molecule has 4 fully saturated rings. The molecule has 2 nitrogen and oxygen atoms in total. The molecule has 0 aliphatic heterocycles. The topological polar surface area (TPSA) is 21.3 Å². The van der Waals surface area contributed by atoms with E-state index in [9.17, 15) is 0 Å². The van der Waals surface area contributed by atoms with Gasteiger partial charge in [0.25, 0.3) is 0 Å². The fraction of sp³-hybridized carbons (Fsp3) is 0.700. The quantitative estimate of drug-likeness (QED) is 0.681. The van der Waals surface area contributed by atoms with E-state index in [1.54, 1.807) is 0 Å². The van der Waals surface area contributed by atoms with Gasteiger partial charge in [-0.25, -0.2) is 0 Å². The SMILES string of the molecule is CCCOc1c(Cl)cc(CNC23CC4CC(CC(C4)C2)C3)cc1Cl. The van der Waals surface area contributed by atoms with Gasteiger partial charge in [-0.3, -0.25) is 0 Å². The van der Waals surface area contributed by atoms with E-state index < -0.39 is 0 Å². The lowest BCUT2D eigenvalue weighted by atomic mass is 9.53. The zero-order valence-electron chi connectivity index (χ0n) is 14.4. The van der Waals surface area contributed by atoms with Crippen molar-refractivity contribution in [3.05, 3.63) is 27.7 Å². The molecule has 5 rings (SSSR count). The molecule has 132 valence electrons. The molecule has 0 aromatic heterocycles. The van der Waals surface area contributed by atoms with Gasteiger partial charge in [-0.05, 0) is 80.4 Å². The Morgan fingerprint density at radius 2 is 1.58 bits per heavy atom. The summed E-state index contributed by atoms with van der Waals surface area (Å²) < 4.78 is 5.67. The molecule has 0 atom stereocenters. The molecular formula is C20H27Cl2NO. The summed E-state index contributed by atoms with van der Waals surface area (Å²) >= 11 is 12.8. The van der Waals surface area contributed by atoms with Crippen molar-refractivity contribution in [3.8, 4) is 5.75 Å². The highest BCUT2D eigenvalue weighted by Gasteiger charge is 2.50. The van der Waals surface area contributed by atoms with Crippen molar-refractivity contribution in [1.29, 1.82) is 0 Å². The zero-order chi connectivity index (χ0) is 16.7. The Bertz CT molecular complexity index is 557. The molecule has 1 aromatic carbocycles. The first-order chi connectivity index (χ1) is 11.6. The lowest BCUT2D eigenvalue weighted by Crippen LogP contribution is -2.58. The third-order valence-corrected chi connectivity index (χ3v) is 6.78. The summed E-state index contributed by atoms with van der Waals surface area (Å²) in [5.74, 6) is 3.50. The average molecular weight is 368 g/mol. The highest BCUT2D eigenvalue weighted by atomic mass is 35.5. The third-order valence-electron chi connectivity index (χ3n) is 6.21. The minimum absolute atomic E-state index is 0.366. The Hall–Kier alpha value is -0.440. The number of ether oxygens (including phenoxy) is 1. The van der Waals surface area contributed by atoms with Crippen LogP contribution < -0.4 is 10.1 Å². The summed E-state index contributed by atoms with van der Waals surface area (Å²) in [6.45, 7) is 3.57. The molecule has 0 unspecified atom stereocenters. The number of hydrogen-bond acceptors (Lipinski definition) is 2. The molecule has 0 amide bonds. The third kappa shape index (κ3) is 3.30. The van der Waals surface area contributed by atoms with Gasteiger partial charge in [0.1, 0.15) is 0 Å². The molecule has 4 bridgehead atoms. The summed E-state index contributed by atoms with van der Waals surface area (Å²) in [5.41, 5.74) is 1.52.